The van der Waals surface area contributed by atoms with E-state index in [0.29, 0.717) is 17.1 Å². The van der Waals surface area contributed by atoms with Gasteiger partial charge in [0.15, 0.2) is 5.78 Å². The molecule has 0 radical (unpaired) electrons. The maximum atomic E-state index is 12.5. The van der Waals surface area contributed by atoms with Crippen LogP contribution in [0.5, 0.6) is 0 Å². The Morgan fingerprint density at radius 1 is 1.16 bits per heavy atom. The van der Waals surface area contributed by atoms with Gasteiger partial charge in [0.25, 0.3) is 0 Å². The molecule has 1 aromatic rings. The third-order valence-corrected chi connectivity index (χ3v) is 4.34. The Balaban J connectivity index is 2.48. The van der Waals surface area contributed by atoms with Crippen molar-refractivity contribution in [2.75, 3.05) is 11.5 Å². The van der Waals surface area contributed by atoms with E-state index >= 15 is 0 Å². The molecule has 2 N–H and O–H groups in total. The lowest BCUT2D eigenvalue weighted by atomic mass is 9.95. The van der Waals surface area contributed by atoms with Crippen LogP contribution in [-0.2, 0) is 19.2 Å². The summed E-state index contributed by atoms with van der Waals surface area (Å²) in [6.07, 6.45) is 0.233. The molecule has 0 saturated heterocycles. The standard InChI is InChI=1S/C17H21NO6S/c1-12(19)18-24-16(22)9-10-25-11-14(7-8-15(20)21)17(23)13-5-3-2-4-6-13/h2-6,14H,7-11H2,1H3,(H,18,19)(H,20,21)/t14-/m0/s1. The highest BCUT2D eigenvalue weighted by molar-refractivity contribution is 7.99. The monoisotopic (exact) mass is 367 g/mol. The smallest absolute Gasteiger partial charge is 0.333 e. The second-order valence-electron chi connectivity index (χ2n) is 5.32. The molecule has 1 atom stereocenters. The summed E-state index contributed by atoms with van der Waals surface area (Å²) < 4.78 is 0. The van der Waals surface area contributed by atoms with E-state index in [2.05, 4.69) is 4.84 Å². The normalized spacial score (nSPS) is 11.4. The number of carbonyl (C=O) groups excluding carboxylic acids is 3. The number of aliphatic carboxylic acids is 1. The average molecular weight is 367 g/mol. The molecule has 0 saturated carbocycles. The Kier molecular flexibility index (Phi) is 9.31. The number of hydrogen-bond acceptors (Lipinski definition) is 6. The summed E-state index contributed by atoms with van der Waals surface area (Å²) in [5, 5.41) is 8.85. The molecule has 0 heterocycles. The predicted octanol–water partition coefficient (Wildman–Crippen LogP) is 2.07. The number of Topliss-reactive ketones (excluding diaryl/α,β-unsaturated/α-hetero) is 1. The van der Waals surface area contributed by atoms with Crippen LogP contribution in [0.1, 0.15) is 36.5 Å². The van der Waals surface area contributed by atoms with E-state index in [4.69, 9.17) is 5.11 Å². The van der Waals surface area contributed by atoms with Crippen molar-refractivity contribution in [3.05, 3.63) is 35.9 Å². The van der Waals surface area contributed by atoms with Crippen molar-refractivity contribution in [1.29, 1.82) is 0 Å². The summed E-state index contributed by atoms with van der Waals surface area (Å²) in [6, 6.07) is 8.72. The molecule has 0 unspecified atom stereocenters. The van der Waals surface area contributed by atoms with Crippen molar-refractivity contribution in [3.63, 3.8) is 0 Å². The fourth-order valence-corrected chi connectivity index (χ4v) is 3.07. The lowest BCUT2D eigenvalue weighted by Crippen LogP contribution is -2.24. The van der Waals surface area contributed by atoms with Crippen molar-refractivity contribution in [1.82, 2.24) is 5.48 Å². The maximum absolute atomic E-state index is 12.5. The fraction of sp³-hybridized carbons (Fsp3) is 0.412. The molecule has 0 spiro atoms. The van der Waals surface area contributed by atoms with E-state index in [9.17, 15) is 19.2 Å². The molecule has 0 aliphatic carbocycles. The molecular weight excluding hydrogens is 346 g/mol. The van der Waals surface area contributed by atoms with Crippen LogP contribution in [0, 0.1) is 5.92 Å². The number of hydrogen-bond donors (Lipinski definition) is 2. The molecule has 1 aromatic carbocycles. The minimum Gasteiger partial charge on any atom is -0.481 e. The van der Waals surface area contributed by atoms with E-state index in [1.165, 1.54) is 18.7 Å². The van der Waals surface area contributed by atoms with Crippen LogP contribution in [0.2, 0.25) is 0 Å². The first-order valence-electron chi connectivity index (χ1n) is 7.75. The van der Waals surface area contributed by atoms with E-state index in [-0.39, 0.29) is 25.0 Å². The highest BCUT2D eigenvalue weighted by Gasteiger charge is 2.21. The van der Waals surface area contributed by atoms with Crippen LogP contribution in [0.3, 0.4) is 0 Å². The average Bonchev–Trinajstić information content (AvgIpc) is 2.59. The maximum Gasteiger partial charge on any atom is 0.333 e. The van der Waals surface area contributed by atoms with Crippen LogP contribution in [0.15, 0.2) is 30.3 Å². The second-order valence-corrected chi connectivity index (χ2v) is 6.47. The largest absolute Gasteiger partial charge is 0.481 e. The Morgan fingerprint density at radius 2 is 1.84 bits per heavy atom. The molecule has 136 valence electrons. The summed E-state index contributed by atoms with van der Waals surface area (Å²) >= 11 is 1.37. The molecule has 0 aliphatic rings. The first kappa shape index (κ1) is 20.7. The van der Waals surface area contributed by atoms with E-state index in [1.807, 2.05) is 5.48 Å². The molecule has 0 aliphatic heterocycles. The van der Waals surface area contributed by atoms with Gasteiger partial charge in [0.1, 0.15) is 0 Å². The van der Waals surface area contributed by atoms with Crippen molar-refractivity contribution in [3.8, 4) is 0 Å². The number of rotatable bonds is 10. The zero-order valence-electron chi connectivity index (χ0n) is 13.9. The zero-order valence-corrected chi connectivity index (χ0v) is 14.7. The van der Waals surface area contributed by atoms with Gasteiger partial charge in [-0.25, -0.2) is 4.79 Å². The number of amides is 1. The third kappa shape index (κ3) is 8.90. The number of thioether (sulfide) groups is 1. The quantitative estimate of drug-likeness (QED) is 0.370. The predicted molar refractivity (Wildman–Crippen MR) is 93.0 cm³/mol. The van der Waals surface area contributed by atoms with Crippen molar-refractivity contribution in [2.45, 2.75) is 26.2 Å². The van der Waals surface area contributed by atoms with Crippen LogP contribution < -0.4 is 5.48 Å². The van der Waals surface area contributed by atoms with Gasteiger partial charge in [-0.15, -0.1) is 0 Å². The van der Waals surface area contributed by atoms with Gasteiger partial charge in [0.05, 0.1) is 6.42 Å². The first-order valence-corrected chi connectivity index (χ1v) is 8.90. The summed E-state index contributed by atoms with van der Waals surface area (Å²) in [7, 11) is 0. The summed E-state index contributed by atoms with van der Waals surface area (Å²) in [4.78, 5) is 49.8. The molecular formula is C17H21NO6S. The molecule has 1 rings (SSSR count). The Labute approximate surface area is 150 Å². The van der Waals surface area contributed by atoms with Gasteiger partial charge in [-0.2, -0.15) is 17.2 Å². The van der Waals surface area contributed by atoms with Gasteiger partial charge in [-0.1, -0.05) is 30.3 Å². The second kappa shape index (κ2) is 11.2. The molecule has 0 fully saturated rings. The van der Waals surface area contributed by atoms with Gasteiger partial charge in [0, 0.05) is 36.3 Å². The van der Waals surface area contributed by atoms with Crippen LogP contribution in [-0.4, -0.2) is 40.2 Å². The number of carbonyl (C=O) groups is 4. The van der Waals surface area contributed by atoms with E-state index < -0.39 is 23.8 Å². The van der Waals surface area contributed by atoms with Gasteiger partial charge in [0.2, 0.25) is 5.91 Å². The molecule has 1 amide bonds. The molecule has 0 bridgehead atoms. The molecule has 25 heavy (non-hydrogen) atoms. The number of benzene rings is 1. The third-order valence-electron chi connectivity index (χ3n) is 3.21. The number of nitrogens with one attached hydrogen (secondary N) is 1. The zero-order chi connectivity index (χ0) is 18.7. The lowest BCUT2D eigenvalue weighted by molar-refractivity contribution is -0.157. The minimum atomic E-state index is -0.949. The van der Waals surface area contributed by atoms with Gasteiger partial charge in [-0.05, 0) is 6.42 Å². The van der Waals surface area contributed by atoms with Gasteiger partial charge in [-0.3, -0.25) is 14.4 Å². The summed E-state index contributed by atoms with van der Waals surface area (Å²) in [5.74, 6) is -1.71. The number of hydroxylamine groups is 1. The first-order chi connectivity index (χ1) is 11.9. The molecule has 0 aromatic heterocycles. The van der Waals surface area contributed by atoms with E-state index in [0.717, 1.165) is 0 Å². The van der Waals surface area contributed by atoms with Gasteiger partial charge >= 0.3 is 11.9 Å². The van der Waals surface area contributed by atoms with Crippen molar-refractivity contribution >= 4 is 35.4 Å². The molecule has 7 nitrogen and oxygen atoms in total. The van der Waals surface area contributed by atoms with Crippen LogP contribution in [0.4, 0.5) is 0 Å². The Morgan fingerprint density at radius 3 is 2.44 bits per heavy atom. The fourth-order valence-electron chi connectivity index (χ4n) is 1.99. The summed E-state index contributed by atoms with van der Waals surface area (Å²) in [5.41, 5.74) is 2.50. The SMILES string of the molecule is CC(=O)NOC(=O)CCSC[C@H](CCC(=O)O)C(=O)c1ccccc1. The van der Waals surface area contributed by atoms with Crippen LogP contribution in [0.25, 0.3) is 0 Å². The summed E-state index contributed by atoms with van der Waals surface area (Å²) in [6.45, 7) is 1.23. The van der Waals surface area contributed by atoms with Crippen molar-refractivity contribution < 1.29 is 29.1 Å². The van der Waals surface area contributed by atoms with E-state index in [1.54, 1.807) is 30.3 Å². The van der Waals surface area contributed by atoms with Crippen LogP contribution >= 0.6 is 11.8 Å². The number of carboxylic acids is 1. The number of carboxylic acid groups (broad SMARTS) is 1. The van der Waals surface area contributed by atoms with Gasteiger partial charge < -0.3 is 9.94 Å². The highest BCUT2D eigenvalue weighted by Crippen LogP contribution is 2.20. The molecule has 8 heteroatoms. The topological polar surface area (TPSA) is 110 Å². The highest BCUT2D eigenvalue weighted by atomic mass is 32.2. The Bertz CT molecular complexity index is 604. The lowest BCUT2D eigenvalue weighted by Gasteiger charge is -2.14. The van der Waals surface area contributed by atoms with Crippen molar-refractivity contribution in [2.24, 2.45) is 5.92 Å². The minimum absolute atomic E-state index is 0.0795. The Hall–Kier alpha value is -2.35. The number of ketones is 1.